The van der Waals surface area contributed by atoms with Crippen LogP contribution in [0.25, 0.3) is 10.9 Å². The van der Waals surface area contributed by atoms with Gasteiger partial charge in [-0.15, -0.1) is 0 Å². The van der Waals surface area contributed by atoms with Crippen molar-refractivity contribution in [1.82, 2.24) is 4.98 Å². The minimum absolute atomic E-state index is 0.138. The Bertz CT molecular complexity index is 905. The quantitative estimate of drug-likeness (QED) is 0.755. The Kier molecular flexibility index (Phi) is 3.35. The Hall–Kier alpha value is -2.40. The van der Waals surface area contributed by atoms with E-state index in [0.717, 1.165) is 10.9 Å². The molecular formula is C16H14N2O2S. The van der Waals surface area contributed by atoms with Gasteiger partial charge in [0.05, 0.1) is 21.9 Å². The highest BCUT2D eigenvalue weighted by atomic mass is 32.2. The number of aromatic nitrogens is 1. The van der Waals surface area contributed by atoms with Gasteiger partial charge in [0.2, 0.25) is 0 Å². The second-order valence-electron chi connectivity index (χ2n) is 4.83. The van der Waals surface area contributed by atoms with Crippen LogP contribution in [-0.2, 0) is 15.6 Å². The van der Waals surface area contributed by atoms with Crippen LogP contribution >= 0.6 is 0 Å². The molecule has 0 radical (unpaired) electrons. The fourth-order valence-electron chi connectivity index (χ4n) is 2.17. The summed E-state index contributed by atoms with van der Waals surface area (Å²) >= 11 is 0. The number of nitrogens with two attached hydrogens (primary N) is 1. The summed E-state index contributed by atoms with van der Waals surface area (Å²) in [7, 11) is -3.45. The van der Waals surface area contributed by atoms with Crippen molar-refractivity contribution in [3.63, 3.8) is 0 Å². The third-order valence-corrected chi connectivity index (χ3v) is 4.86. The molecular weight excluding hydrogens is 284 g/mol. The van der Waals surface area contributed by atoms with Gasteiger partial charge in [0.15, 0.2) is 9.84 Å². The number of nitrogen functional groups attached to an aromatic ring is 1. The van der Waals surface area contributed by atoms with Crippen LogP contribution in [0, 0.1) is 0 Å². The molecule has 1 aromatic heterocycles. The minimum Gasteiger partial charge on any atom is -0.399 e. The average Bonchev–Trinajstić information content (AvgIpc) is 2.47. The Balaban J connectivity index is 1.97. The first-order chi connectivity index (χ1) is 10.0. The van der Waals surface area contributed by atoms with Gasteiger partial charge >= 0.3 is 0 Å². The van der Waals surface area contributed by atoms with Crippen molar-refractivity contribution >= 4 is 26.4 Å². The van der Waals surface area contributed by atoms with E-state index in [1.165, 1.54) is 6.07 Å². The number of rotatable bonds is 3. The SMILES string of the molecule is Nc1cccc(S(=O)(=O)Cc2ccc3ccccc3n2)c1. The number of anilines is 1. The summed E-state index contributed by atoms with van der Waals surface area (Å²) in [6.07, 6.45) is 0. The second kappa shape index (κ2) is 5.18. The molecule has 0 aliphatic heterocycles. The van der Waals surface area contributed by atoms with Crippen molar-refractivity contribution < 1.29 is 8.42 Å². The number of sulfone groups is 1. The van der Waals surface area contributed by atoms with Crippen molar-refractivity contribution in [1.29, 1.82) is 0 Å². The number of pyridine rings is 1. The number of benzene rings is 2. The standard InChI is InChI=1S/C16H14N2O2S/c17-13-5-3-6-15(10-13)21(19,20)11-14-9-8-12-4-1-2-7-16(12)18-14/h1-10H,11,17H2. The number of hydrogen-bond donors (Lipinski definition) is 1. The minimum atomic E-state index is -3.45. The second-order valence-corrected chi connectivity index (χ2v) is 6.82. The summed E-state index contributed by atoms with van der Waals surface area (Å²) in [4.78, 5) is 4.62. The maximum absolute atomic E-state index is 12.4. The third kappa shape index (κ3) is 2.87. The molecule has 21 heavy (non-hydrogen) atoms. The molecule has 0 atom stereocenters. The lowest BCUT2D eigenvalue weighted by atomic mass is 10.2. The molecule has 3 rings (SSSR count). The Morgan fingerprint density at radius 1 is 0.952 bits per heavy atom. The number of hydrogen-bond acceptors (Lipinski definition) is 4. The molecule has 0 spiro atoms. The number of nitrogens with zero attached hydrogens (tertiary/aromatic N) is 1. The zero-order valence-corrected chi connectivity index (χ0v) is 12.0. The van der Waals surface area contributed by atoms with E-state index in [0.29, 0.717) is 11.4 Å². The highest BCUT2D eigenvalue weighted by Crippen LogP contribution is 2.19. The summed E-state index contributed by atoms with van der Waals surface area (Å²) in [6, 6.07) is 17.5. The topological polar surface area (TPSA) is 73.1 Å². The highest BCUT2D eigenvalue weighted by Gasteiger charge is 2.16. The van der Waals surface area contributed by atoms with Crippen LogP contribution in [0.4, 0.5) is 5.69 Å². The predicted molar refractivity (Wildman–Crippen MR) is 83.5 cm³/mol. The van der Waals surface area contributed by atoms with E-state index in [-0.39, 0.29) is 10.6 Å². The van der Waals surface area contributed by atoms with E-state index in [9.17, 15) is 8.42 Å². The molecule has 0 fully saturated rings. The molecule has 0 amide bonds. The van der Waals surface area contributed by atoms with Gasteiger partial charge in [0.25, 0.3) is 0 Å². The average molecular weight is 298 g/mol. The van der Waals surface area contributed by atoms with Gasteiger partial charge in [-0.2, -0.15) is 0 Å². The summed E-state index contributed by atoms with van der Waals surface area (Å²) < 4.78 is 24.8. The van der Waals surface area contributed by atoms with Crippen LogP contribution in [0.5, 0.6) is 0 Å². The van der Waals surface area contributed by atoms with E-state index >= 15 is 0 Å². The Labute approximate surface area is 123 Å². The molecule has 3 aromatic rings. The van der Waals surface area contributed by atoms with Gasteiger partial charge in [-0.05, 0) is 30.3 Å². The largest absolute Gasteiger partial charge is 0.399 e. The molecule has 2 aromatic carbocycles. The smallest absolute Gasteiger partial charge is 0.184 e. The van der Waals surface area contributed by atoms with E-state index in [2.05, 4.69) is 4.98 Å². The van der Waals surface area contributed by atoms with Crippen LogP contribution < -0.4 is 5.73 Å². The van der Waals surface area contributed by atoms with E-state index < -0.39 is 9.84 Å². The molecule has 106 valence electrons. The summed E-state index contributed by atoms with van der Waals surface area (Å²) in [5.74, 6) is -0.138. The first-order valence-corrected chi connectivity index (χ1v) is 8.13. The molecule has 0 bridgehead atoms. The molecule has 0 aliphatic rings. The monoisotopic (exact) mass is 298 g/mol. The van der Waals surface area contributed by atoms with Crippen molar-refractivity contribution in [2.75, 3.05) is 5.73 Å². The molecule has 2 N–H and O–H groups in total. The Morgan fingerprint density at radius 2 is 1.76 bits per heavy atom. The van der Waals surface area contributed by atoms with Crippen LogP contribution in [-0.4, -0.2) is 13.4 Å². The number of fused-ring (bicyclic) bond motifs is 1. The van der Waals surface area contributed by atoms with E-state index in [1.54, 1.807) is 24.3 Å². The molecule has 5 heteroatoms. The van der Waals surface area contributed by atoms with Crippen molar-refractivity contribution in [2.45, 2.75) is 10.6 Å². The normalized spacial score (nSPS) is 11.6. The fourth-order valence-corrected chi connectivity index (χ4v) is 3.49. The summed E-state index contributed by atoms with van der Waals surface area (Å²) in [5, 5.41) is 0.989. The van der Waals surface area contributed by atoms with Gasteiger partial charge < -0.3 is 5.73 Å². The fraction of sp³-hybridized carbons (Fsp3) is 0.0625. The zero-order chi connectivity index (χ0) is 14.9. The third-order valence-electron chi connectivity index (χ3n) is 3.21. The van der Waals surface area contributed by atoms with E-state index in [1.807, 2.05) is 30.3 Å². The molecule has 0 aliphatic carbocycles. The lowest BCUT2D eigenvalue weighted by Gasteiger charge is -2.06. The lowest BCUT2D eigenvalue weighted by Crippen LogP contribution is -2.07. The summed E-state index contributed by atoms with van der Waals surface area (Å²) in [5.41, 5.74) is 7.39. The van der Waals surface area contributed by atoms with Crippen LogP contribution in [0.15, 0.2) is 65.6 Å². The first-order valence-electron chi connectivity index (χ1n) is 6.47. The van der Waals surface area contributed by atoms with Gasteiger partial charge in [0.1, 0.15) is 0 Å². The first kappa shape index (κ1) is 13.6. The van der Waals surface area contributed by atoms with Crippen molar-refractivity contribution in [3.05, 3.63) is 66.4 Å². The molecule has 4 nitrogen and oxygen atoms in total. The maximum Gasteiger partial charge on any atom is 0.184 e. The zero-order valence-electron chi connectivity index (χ0n) is 11.2. The predicted octanol–water partition coefficient (Wildman–Crippen LogP) is 2.79. The maximum atomic E-state index is 12.4. The molecule has 0 saturated carbocycles. The summed E-state index contributed by atoms with van der Waals surface area (Å²) in [6.45, 7) is 0. The molecule has 0 unspecified atom stereocenters. The number of para-hydroxylation sites is 1. The molecule has 0 saturated heterocycles. The van der Waals surface area contributed by atoms with Gasteiger partial charge in [-0.25, -0.2) is 8.42 Å². The van der Waals surface area contributed by atoms with Crippen LogP contribution in [0.2, 0.25) is 0 Å². The van der Waals surface area contributed by atoms with Gasteiger partial charge in [-0.3, -0.25) is 4.98 Å². The molecule has 1 heterocycles. The van der Waals surface area contributed by atoms with Gasteiger partial charge in [-0.1, -0.05) is 30.3 Å². The van der Waals surface area contributed by atoms with Crippen LogP contribution in [0.1, 0.15) is 5.69 Å². The Morgan fingerprint density at radius 3 is 2.57 bits per heavy atom. The lowest BCUT2D eigenvalue weighted by molar-refractivity contribution is 0.595. The van der Waals surface area contributed by atoms with Gasteiger partial charge in [0, 0.05) is 11.1 Å². The van der Waals surface area contributed by atoms with Crippen LogP contribution in [0.3, 0.4) is 0 Å². The van der Waals surface area contributed by atoms with Crippen molar-refractivity contribution in [2.24, 2.45) is 0 Å². The van der Waals surface area contributed by atoms with E-state index in [4.69, 9.17) is 5.73 Å². The highest BCUT2D eigenvalue weighted by molar-refractivity contribution is 7.90. The van der Waals surface area contributed by atoms with Crippen molar-refractivity contribution in [3.8, 4) is 0 Å².